The van der Waals surface area contributed by atoms with Crippen molar-refractivity contribution in [1.29, 1.82) is 0 Å². The largest absolute Gasteiger partial charge is 0.389 e. The zero-order chi connectivity index (χ0) is 12.9. The fourth-order valence-electron chi connectivity index (χ4n) is 2.44. The summed E-state index contributed by atoms with van der Waals surface area (Å²) in [6.07, 6.45) is 2.66. The normalized spacial score (nSPS) is 20.1. The lowest BCUT2D eigenvalue weighted by atomic mass is 10.1. The van der Waals surface area contributed by atoms with Crippen molar-refractivity contribution in [3.8, 4) is 0 Å². The minimum Gasteiger partial charge on any atom is -0.389 e. The minimum atomic E-state index is -0.556. The molecule has 1 rings (SSSR count). The molecule has 1 heterocycles. The van der Waals surface area contributed by atoms with Gasteiger partial charge in [0.15, 0.2) is 0 Å². The van der Waals surface area contributed by atoms with Gasteiger partial charge in [-0.25, -0.2) is 0 Å². The number of aliphatic hydroxyl groups is 1. The molecule has 0 amide bonds. The second-order valence-corrected chi connectivity index (χ2v) is 6.47. The quantitative estimate of drug-likeness (QED) is 0.769. The van der Waals surface area contributed by atoms with Crippen LogP contribution in [0.5, 0.6) is 0 Å². The second-order valence-electron chi connectivity index (χ2n) is 6.47. The molecule has 1 N–H and O–H groups in total. The molecule has 0 bridgehead atoms. The first-order chi connectivity index (χ1) is 7.87. The van der Waals surface area contributed by atoms with Gasteiger partial charge in [0.25, 0.3) is 0 Å². The highest BCUT2D eigenvalue weighted by atomic mass is 16.3. The van der Waals surface area contributed by atoms with E-state index in [1.165, 1.54) is 19.4 Å². The van der Waals surface area contributed by atoms with Crippen LogP contribution in [0.2, 0.25) is 0 Å². The maximum Gasteiger partial charge on any atom is 0.0718 e. The molecule has 1 aliphatic rings. The molecular weight excluding hydrogens is 212 g/mol. The Balaban J connectivity index is 2.13. The zero-order valence-electron chi connectivity index (χ0n) is 12.1. The lowest BCUT2D eigenvalue weighted by Gasteiger charge is -2.37. The molecule has 1 fully saturated rings. The van der Waals surface area contributed by atoms with Crippen molar-refractivity contribution in [3.05, 3.63) is 0 Å². The first-order valence-electron chi connectivity index (χ1n) is 7.04. The zero-order valence-corrected chi connectivity index (χ0v) is 12.1. The van der Waals surface area contributed by atoms with Gasteiger partial charge in [0.1, 0.15) is 0 Å². The van der Waals surface area contributed by atoms with Crippen LogP contribution in [0.15, 0.2) is 0 Å². The Morgan fingerprint density at radius 3 is 2.06 bits per heavy atom. The van der Waals surface area contributed by atoms with Crippen molar-refractivity contribution in [1.82, 2.24) is 9.80 Å². The number of nitrogens with zero attached hydrogens (tertiary/aromatic N) is 2. The molecule has 0 radical (unpaired) electrons. The van der Waals surface area contributed by atoms with Gasteiger partial charge in [-0.05, 0) is 39.2 Å². The van der Waals surface area contributed by atoms with Gasteiger partial charge in [-0.3, -0.25) is 4.90 Å². The standard InChI is InChI=1S/C14H30N2O/c1-13(2)6-5-7-15-8-10-16(11-9-15)12-14(3,4)17/h13,17H,5-12H2,1-4H3. The van der Waals surface area contributed by atoms with Crippen molar-refractivity contribution >= 4 is 0 Å². The molecule has 0 aromatic carbocycles. The van der Waals surface area contributed by atoms with Crippen LogP contribution in [0.4, 0.5) is 0 Å². The van der Waals surface area contributed by atoms with E-state index in [-0.39, 0.29) is 0 Å². The number of hydrogen-bond donors (Lipinski definition) is 1. The SMILES string of the molecule is CC(C)CCCN1CCN(CC(C)(C)O)CC1. The molecule has 0 atom stereocenters. The summed E-state index contributed by atoms with van der Waals surface area (Å²) in [5.41, 5.74) is -0.556. The van der Waals surface area contributed by atoms with Gasteiger partial charge in [0, 0.05) is 32.7 Å². The van der Waals surface area contributed by atoms with Gasteiger partial charge in [0.2, 0.25) is 0 Å². The van der Waals surface area contributed by atoms with E-state index in [0.717, 1.165) is 38.6 Å². The molecule has 0 saturated carbocycles. The number of rotatable bonds is 6. The van der Waals surface area contributed by atoms with Crippen molar-refractivity contribution in [3.63, 3.8) is 0 Å². The summed E-state index contributed by atoms with van der Waals surface area (Å²) in [5.74, 6) is 0.825. The summed E-state index contributed by atoms with van der Waals surface area (Å²) in [7, 11) is 0. The Morgan fingerprint density at radius 1 is 1.06 bits per heavy atom. The Kier molecular flexibility index (Phi) is 5.90. The molecule has 102 valence electrons. The van der Waals surface area contributed by atoms with Crippen molar-refractivity contribution in [2.75, 3.05) is 39.3 Å². The van der Waals surface area contributed by atoms with Crippen LogP contribution in [-0.4, -0.2) is 59.8 Å². The van der Waals surface area contributed by atoms with Crippen molar-refractivity contribution in [2.24, 2.45) is 5.92 Å². The number of β-amino-alcohol motifs (C(OH)–C–C–N with tert-alkyl or cyclic N) is 1. The monoisotopic (exact) mass is 242 g/mol. The smallest absolute Gasteiger partial charge is 0.0718 e. The lowest BCUT2D eigenvalue weighted by molar-refractivity contribution is 0.0175. The van der Waals surface area contributed by atoms with Crippen LogP contribution in [0, 0.1) is 5.92 Å². The predicted molar refractivity (Wildman–Crippen MR) is 73.2 cm³/mol. The molecule has 3 heteroatoms. The Labute approximate surface area is 107 Å². The average molecular weight is 242 g/mol. The highest BCUT2D eigenvalue weighted by Gasteiger charge is 2.22. The summed E-state index contributed by atoms with van der Waals surface area (Å²) in [5, 5.41) is 9.78. The van der Waals surface area contributed by atoms with Gasteiger partial charge < -0.3 is 10.0 Å². The van der Waals surface area contributed by atoms with E-state index in [0.29, 0.717) is 0 Å². The van der Waals surface area contributed by atoms with Gasteiger partial charge in [-0.2, -0.15) is 0 Å². The maximum atomic E-state index is 9.78. The first-order valence-corrected chi connectivity index (χ1v) is 7.04. The minimum absolute atomic E-state index is 0.556. The van der Waals surface area contributed by atoms with E-state index in [2.05, 4.69) is 23.6 Å². The molecule has 0 aromatic rings. The summed E-state index contributed by atoms with van der Waals surface area (Å²) < 4.78 is 0. The molecule has 0 spiro atoms. The highest BCUT2D eigenvalue weighted by molar-refractivity contribution is 4.77. The average Bonchev–Trinajstić information content (AvgIpc) is 2.18. The second kappa shape index (κ2) is 6.72. The Hall–Kier alpha value is -0.120. The third kappa shape index (κ3) is 7.02. The van der Waals surface area contributed by atoms with E-state index in [1.807, 2.05) is 13.8 Å². The fourth-order valence-corrected chi connectivity index (χ4v) is 2.44. The summed E-state index contributed by atoms with van der Waals surface area (Å²) in [6, 6.07) is 0. The number of piperazine rings is 1. The summed E-state index contributed by atoms with van der Waals surface area (Å²) in [6.45, 7) is 14.9. The van der Waals surface area contributed by atoms with Gasteiger partial charge in [-0.1, -0.05) is 13.8 Å². The summed E-state index contributed by atoms with van der Waals surface area (Å²) >= 11 is 0. The molecule has 3 nitrogen and oxygen atoms in total. The fraction of sp³-hybridized carbons (Fsp3) is 1.00. The van der Waals surface area contributed by atoms with Crippen LogP contribution in [-0.2, 0) is 0 Å². The molecule has 17 heavy (non-hydrogen) atoms. The van der Waals surface area contributed by atoms with Crippen LogP contribution >= 0.6 is 0 Å². The summed E-state index contributed by atoms with van der Waals surface area (Å²) in [4.78, 5) is 4.93. The van der Waals surface area contributed by atoms with Gasteiger partial charge in [0.05, 0.1) is 5.60 Å². The molecule has 1 aliphatic heterocycles. The van der Waals surface area contributed by atoms with E-state index in [9.17, 15) is 5.11 Å². The molecule has 0 aromatic heterocycles. The van der Waals surface area contributed by atoms with Crippen LogP contribution in [0.25, 0.3) is 0 Å². The van der Waals surface area contributed by atoms with Crippen LogP contribution in [0.3, 0.4) is 0 Å². The maximum absolute atomic E-state index is 9.78. The predicted octanol–water partition coefficient (Wildman–Crippen LogP) is 1.81. The Bertz CT molecular complexity index is 203. The van der Waals surface area contributed by atoms with Crippen molar-refractivity contribution in [2.45, 2.75) is 46.1 Å². The molecular formula is C14H30N2O. The van der Waals surface area contributed by atoms with Gasteiger partial charge in [-0.15, -0.1) is 0 Å². The highest BCUT2D eigenvalue weighted by Crippen LogP contribution is 2.10. The molecule has 0 unspecified atom stereocenters. The Morgan fingerprint density at radius 2 is 1.59 bits per heavy atom. The van der Waals surface area contributed by atoms with Crippen LogP contribution in [0.1, 0.15) is 40.5 Å². The van der Waals surface area contributed by atoms with E-state index < -0.39 is 5.60 Å². The third-order valence-corrected chi connectivity index (χ3v) is 3.33. The lowest BCUT2D eigenvalue weighted by Crippen LogP contribution is -2.50. The van der Waals surface area contributed by atoms with E-state index in [1.54, 1.807) is 0 Å². The molecule has 1 saturated heterocycles. The van der Waals surface area contributed by atoms with E-state index >= 15 is 0 Å². The van der Waals surface area contributed by atoms with Crippen LogP contribution < -0.4 is 0 Å². The topological polar surface area (TPSA) is 26.7 Å². The first kappa shape index (κ1) is 14.9. The van der Waals surface area contributed by atoms with Gasteiger partial charge >= 0.3 is 0 Å². The third-order valence-electron chi connectivity index (χ3n) is 3.33. The molecule has 0 aliphatic carbocycles. The van der Waals surface area contributed by atoms with Crippen molar-refractivity contribution < 1.29 is 5.11 Å². The number of hydrogen-bond acceptors (Lipinski definition) is 3. The van der Waals surface area contributed by atoms with E-state index in [4.69, 9.17) is 0 Å².